The van der Waals surface area contributed by atoms with Gasteiger partial charge in [-0.1, -0.05) is 42.5 Å². The fraction of sp³-hybridized carbons (Fsp3) is 0.318. The highest BCUT2D eigenvalue weighted by atomic mass is 35.5. The topological polar surface area (TPSA) is 56.8 Å². The summed E-state index contributed by atoms with van der Waals surface area (Å²) in [5.41, 5.74) is 2.28. The predicted molar refractivity (Wildman–Crippen MR) is 112 cm³/mol. The van der Waals surface area contributed by atoms with Gasteiger partial charge in [0.1, 0.15) is 23.4 Å². The first kappa shape index (κ1) is 21.8. The molecule has 2 aromatic rings. The molecular weight excluding hydrogens is 378 g/mol. The van der Waals surface area contributed by atoms with Gasteiger partial charge in [-0.05, 0) is 30.5 Å². The molecular formula is C22H26ClNO4. The van der Waals surface area contributed by atoms with Gasteiger partial charge in [-0.2, -0.15) is 0 Å². The fourth-order valence-electron chi connectivity index (χ4n) is 2.63. The number of rotatable bonds is 12. The maximum Gasteiger partial charge on any atom is 0.326 e. The summed E-state index contributed by atoms with van der Waals surface area (Å²) in [5, 5.41) is 3.11. The molecule has 150 valence electrons. The summed E-state index contributed by atoms with van der Waals surface area (Å²) in [6.07, 6.45) is 6.11. The molecule has 1 N–H and O–H groups in total. The van der Waals surface area contributed by atoms with Crippen LogP contribution in [0.3, 0.4) is 0 Å². The molecule has 0 fully saturated rings. The van der Waals surface area contributed by atoms with Crippen LogP contribution in [-0.2, 0) is 15.5 Å². The monoisotopic (exact) mass is 403 g/mol. The van der Waals surface area contributed by atoms with Crippen molar-refractivity contribution in [2.24, 2.45) is 0 Å². The summed E-state index contributed by atoms with van der Waals surface area (Å²) in [6.45, 7) is 1.78. The van der Waals surface area contributed by atoms with Gasteiger partial charge < -0.3 is 19.1 Å². The standard InChI is InChI=1S/C22H26ClNO4/c1-26-21-17-20(27-16-6-9-18-7-3-2-4-8-18)12-11-19(21)10-5-14-24-15-13-22(25)28-23/h2-5,7-8,10-12,17,24H,6,9,13-16H2,1H3/b10-5+. The molecule has 0 aliphatic rings. The molecule has 0 bridgehead atoms. The second kappa shape index (κ2) is 12.8. The van der Waals surface area contributed by atoms with E-state index in [1.54, 1.807) is 7.11 Å². The molecule has 0 saturated heterocycles. The van der Waals surface area contributed by atoms with E-state index < -0.39 is 5.97 Å². The van der Waals surface area contributed by atoms with E-state index in [1.807, 2.05) is 36.4 Å². The van der Waals surface area contributed by atoms with Crippen molar-refractivity contribution in [2.45, 2.75) is 19.3 Å². The highest BCUT2D eigenvalue weighted by Crippen LogP contribution is 2.26. The van der Waals surface area contributed by atoms with Gasteiger partial charge in [0.15, 0.2) is 0 Å². The van der Waals surface area contributed by atoms with E-state index in [0.29, 0.717) is 19.7 Å². The van der Waals surface area contributed by atoms with E-state index in [2.05, 4.69) is 33.9 Å². The Bertz CT molecular complexity index is 749. The van der Waals surface area contributed by atoms with Crippen LogP contribution in [0.15, 0.2) is 54.6 Å². The normalized spacial score (nSPS) is 10.8. The Kier molecular flexibility index (Phi) is 9.97. The van der Waals surface area contributed by atoms with E-state index >= 15 is 0 Å². The second-order valence-electron chi connectivity index (χ2n) is 6.15. The van der Waals surface area contributed by atoms with Crippen molar-refractivity contribution < 1.29 is 18.6 Å². The number of carbonyl (C=O) groups is 1. The molecule has 0 aliphatic heterocycles. The van der Waals surface area contributed by atoms with E-state index in [0.717, 1.165) is 29.9 Å². The Morgan fingerprint density at radius 1 is 1.18 bits per heavy atom. The maximum atomic E-state index is 10.9. The smallest absolute Gasteiger partial charge is 0.326 e. The van der Waals surface area contributed by atoms with Crippen LogP contribution in [-0.4, -0.2) is 32.8 Å². The van der Waals surface area contributed by atoms with Crippen molar-refractivity contribution >= 4 is 23.9 Å². The van der Waals surface area contributed by atoms with Gasteiger partial charge in [-0.15, -0.1) is 0 Å². The number of ether oxygens (including phenoxy) is 2. The molecule has 0 radical (unpaired) electrons. The number of methoxy groups -OCH3 is 1. The fourth-order valence-corrected chi connectivity index (χ4v) is 2.71. The average molecular weight is 404 g/mol. The lowest BCUT2D eigenvalue weighted by molar-refractivity contribution is -0.133. The van der Waals surface area contributed by atoms with Crippen molar-refractivity contribution in [1.29, 1.82) is 0 Å². The molecule has 5 nitrogen and oxygen atoms in total. The van der Waals surface area contributed by atoms with Gasteiger partial charge in [0.25, 0.3) is 0 Å². The van der Waals surface area contributed by atoms with Crippen LogP contribution in [0.2, 0.25) is 0 Å². The molecule has 2 rings (SSSR count). The zero-order valence-electron chi connectivity index (χ0n) is 16.0. The first-order valence-corrected chi connectivity index (χ1v) is 9.57. The zero-order chi connectivity index (χ0) is 20.0. The maximum absolute atomic E-state index is 10.9. The number of halogens is 1. The van der Waals surface area contributed by atoms with E-state index in [-0.39, 0.29) is 6.42 Å². The van der Waals surface area contributed by atoms with Crippen LogP contribution in [0.25, 0.3) is 6.08 Å². The quantitative estimate of drug-likeness (QED) is 0.532. The molecule has 2 aromatic carbocycles. The summed E-state index contributed by atoms with van der Waals surface area (Å²) < 4.78 is 15.4. The molecule has 0 unspecified atom stereocenters. The Balaban J connectivity index is 1.75. The largest absolute Gasteiger partial charge is 0.496 e. The van der Waals surface area contributed by atoms with E-state index in [9.17, 15) is 4.79 Å². The van der Waals surface area contributed by atoms with Gasteiger partial charge in [0.2, 0.25) is 0 Å². The lowest BCUT2D eigenvalue weighted by Crippen LogP contribution is -2.18. The van der Waals surface area contributed by atoms with Gasteiger partial charge in [0.05, 0.1) is 20.1 Å². The van der Waals surface area contributed by atoms with E-state index in [4.69, 9.17) is 21.3 Å². The average Bonchev–Trinajstić information content (AvgIpc) is 2.74. The van der Waals surface area contributed by atoms with Crippen molar-refractivity contribution in [2.75, 3.05) is 26.8 Å². The van der Waals surface area contributed by atoms with Crippen molar-refractivity contribution in [3.05, 3.63) is 65.7 Å². The highest BCUT2D eigenvalue weighted by molar-refractivity contribution is 6.13. The second-order valence-corrected chi connectivity index (χ2v) is 6.30. The van der Waals surface area contributed by atoms with Crippen LogP contribution in [0.1, 0.15) is 24.0 Å². The molecule has 0 aliphatic carbocycles. The summed E-state index contributed by atoms with van der Waals surface area (Å²) >= 11 is 4.97. The minimum Gasteiger partial charge on any atom is -0.496 e. The minimum atomic E-state index is -0.445. The highest BCUT2D eigenvalue weighted by Gasteiger charge is 2.03. The molecule has 0 saturated carbocycles. The molecule has 0 aromatic heterocycles. The van der Waals surface area contributed by atoms with Crippen molar-refractivity contribution in [3.63, 3.8) is 0 Å². The predicted octanol–water partition coefficient (Wildman–Crippen LogP) is 4.40. The summed E-state index contributed by atoms with van der Waals surface area (Å²) in [5.74, 6) is 1.10. The van der Waals surface area contributed by atoms with Crippen LogP contribution in [0.4, 0.5) is 0 Å². The third kappa shape index (κ3) is 8.03. The number of hydrogen-bond donors (Lipinski definition) is 1. The number of nitrogens with one attached hydrogen (secondary N) is 1. The van der Waals surface area contributed by atoms with Gasteiger partial charge in [-0.25, -0.2) is 0 Å². The van der Waals surface area contributed by atoms with Crippen molar-refractivity contribution in [1.82, 2.24) is 5.32 Å². The molecule has 28 heavy (non-hydrogen) atoms. The van der Waals surface area contributed by atoms with Gasteiger partial charge >= 0.3 is 5.97 Å². The summed E-state index contributed by atoms with van der Waals surface area (Å²) in [7, 11) is 1.64. The Morgan fingerprint density at radius 2 is 2.00 bits per heavy atom. The molecule has 0 heterocycles. The first-order chi connectivity index (χ1) is 13.7. The van der Waals surface area contributed by atoms with Crippen LogP contribution in [0.5, 0.6) is 11.5 Å². The Labute approximate surface area is 171 Å². The number of benzene rings is 2. The molecule has 0 atom stereocenters. The number of hydrogen-bond acceptors (Lipinski definition) is 5. The molecule has 0 spiro atoms. The van der Waals surface area contributed by atoms with Crippen molar-refractivity contribution in [3.8, 4) is 11.5 Å². The Morgan fingerprint density at radius 3 is 2.75 bits per heavy atom. The minimum absolute atomic E-state index is 0.233. The summed E-state index contributed by atoms with van der Waals surface area (Å²) in [6, 6.07) is 16.2. The lowest BCUT2D eigenvalue weighted by atomic mass is 10.1. The first-order valence-electron chi connectivity index (χ1n) is 9.26. The molecule has 0 amide bonds. The molecule has 6 heteroatoms. The number of aryl methyl sites for hydroxylation is 1. The van der Waals surface area contributed by atoms with Crippen LogP contribution in [0, 0.1) is 0 Å². The van der Waals surface area contributed by atoms with E-state index in [1.165, 1.54) is 5.56 Å². The van der Waals surface area contributed by atoms with Crippen LogP contribution >= 0.6 is 11.9 Å². The van der Waals surface area contributed by atoms with Crippen LogP contribution < -0.4 is 14.8 Å². The third-order valence-corrected chi connectivity index (χ3v) is 4.25. The Hall–Kier alpha value is -2.50. The van der Waals surface area contributed by atoms with Gasteiger partial charge in [0, 0.05) is 24.7 Å². The lowest BCUT2D eigenvalue weighted by Gasteiger charge is -2.10. The number of carbonyl (C=O) groups excluding carboxylic acids is 1. The van der Waals surface area contributed by atoms with Gasteiger partial charge in [-0.3, -0.25) is 4.79 Å². The summed E-state index contributed by atoms with van der Waals surface area (Å²) in [4.78, 5) is 10.9. The third-order valence-electron chi connectivity index (χ3n) is 4.08. The SMILES string of the molecule is COc1cc(OCCCc2ccccc2)ccc1/C=C/CNCCC(=O)OCl. The zero-order valence-corrected chi connectivity index (χ0v) is 16.8.